The predicted molar refractivity (Wildman–Crippen MR) is 119 cm³/mol. The van der Waals surface area contributed by atoms with Crippen LogP contribution in [0.15, 0.2) is 53.6 Å². The molecular weight excluding hydrogens is 450 g/mol. The van der Waals surface area contributed by atoms with Gasteiger partial charge in [-0.3, -0.25) is 14.5 Å². The number of alkyl halides is 2. The second-order valence-corrected chi connectivity index (χ2v) is 7.99. The maximum atomic E-state index is 15.0. The molecule has 1 aliphatic rings. The van der Waals surface area contributed by atoms with Gasteiger partial charge in [-0.2, -0.15) is 4.98 Å². The molecule has 0 saturated heterocycles. The van der Waals surface area contributed by atoms with Crippen molar-refractivity contribution in [1.29, 1.82) is 0 Å². The Kier molecular flexibility index (Phi) is 4.65. The molecule has 6 nitrogen and oxygen atoms in total. The number of halogens is 4. The first-order valence-electron chi connectivity index (χ1n) is 11.9. The lowest BCUT2D eigenvalue weighted by Gasteiger charge is -2.26. The summed E-state index contributed by atoms with van der Waals surface area (Å²) in [5.74, 6) is -2.01. The van der Waals surface area contributed by atoms with Crippen LogP contribution in [-0.2, 0) is 6.98 Å². The van der Waals surface area contributed by atoms with Gasteiger partial charge in [0.05, 0.1) is 35.0 Å². The van der Waals surface area contributed by atoms with Crippen LogP contribution in [0.25, 0.3) is 22.2 Å². The summed E-state index contributed by atoms with van der Waals surface area (Å²) >= 11 is 0. The molecule has 0 N–H and O–H groups in total. The summed E-state index contributed by atoms with van der Waals surface area (Å²) in [6.07, 6.45) is 2.05. The number of aromatic nitrogens is 4. The van der Waals surface area contributed by atoms with E-state index >= 15 is 4.39 Å². The number of hydrogen-bond donors (Lipinski definition) is 0. The molecule has 2 aromatic heterocycles. The molecule has 34 heavy (non-hydrogen) atoms. The van der Waals surface area contributed by atoms with E-state index in [0.717, 1.165) is 41.6 Å². The van der Waals surface area contributed by atoms with Crippen molar-refractivity contribution in [3.8, 4) is 11.3 Å². The molecule has 10 heteroatoms. The topological polar surface area (TPSA) is 63.9 Å². The van der Waals surface area contributed by atoms with Gasteiger partial charge in [-0.25, -0.2) is 22.4 Å². The van der Waals surface area contributed by atoms with Gasteiger partial charge >= 0.3 is 5.69 Å². The first-order chi connectivity index (χ1) is 17.5. The van der Waals surface area contributed by atoms with Gasteiger partial charge in [-0.1, -0.05) is 6.07 Å². The Labute approximate surface area is 195 Å². The van der Waals surface area contributed by atoms with Crippen molar-refractivity contribution < 1.29 is 21.7 Å². The van der Waals surface area contributed by atoms with Crippen LogP contribution >= 0.6 is 0 Å². The average molecular weight is 472 g/mol. The van der Waals surface area contributed by atoms with Crippen molar-refractivity contribution >= 4 is 22.4 Å². The number of aryl methyl sites for hydroxylation is 1. The van der Waals surface area contributed by atoms with Crippen LogP contribution in [0.2, 0.25) is 0 Å². The van der Waals surface area contributed by atoms with E-state index in [4.69, 9.17) is 4.11 Å². The Morgan fingerprint density at radius 2 is 2.00 bits per heavy atom. The smallest absolute Gasteiger partial charge is 0.320 e. The molecule has 2 aromatic carbocycles. The summed E-state index contributed by atoms with van der Waals surface area (Å²) in [4.78, 5) is 25.9. The van der Waals surface area contributed by atoms with E-state index in [0.29, 0.717) is 10.5 Å². The molecule has 0 atom stereocenters. The Morgan fingerprint density at radius 3 is 2.68 bits per heavy atom. The van der Waals surface area contributed by atoms with Crippen LogP contribution in [0.3, 0.4) is 0 Å². The number of nitrogens with zero attached hydrogens (tertiary/aromatic N) is 5. The van der Waals surface area contributed by atoms with E-state index in [1.54, 1.807) is 6.20 Å². The molecule has 5 rings (SSSR count). The molecule has 0 aliphatic heterocycles. The normalized spacial score (nSPS) is 15.3. The number of rotatable bonds is 6. The first-order valence-corrected chi connectivity index (χ1v) is 10.4. The lowest BCUT2D eigenvalue weighted by atomic mass is 10.1. The minimum absolute atomic E-state index is 0.161. The second-order valence-electron chi connectivity index (χ2n) is 7.99. The van der Waals surface area contributed by atoms with E-state index in [9.17, 15) is 18.0 Å². The minimum atomic E-state index is -3.01. The third-order valence-electron chi connectivity index (χ3n) is 5.58. The van der Waals surface area contributed by atoms with Gasteiger partial charge in [-0.05, 0) is 43.2 Å². The molecular formula is C24H19F4N5O. The molecule has 0 amide bonds. The van der Waals surface area contributed by atoms with E-state index in [1.165, 1.54) is 24.4 Å². The van der Waals surface area contributed by atoms with Gasteiger partial charge in [0.2, 0.25) is 0 Å². The van der Waals surface area contributed by atoms with Crippen molar-refractivity contribution in [1.82, 2.24) is 19.5 Å². The van der Waals surface area contributed by atoms with Gasteiger partial charge in [0, 0.05) is 34.5 Å². The predicted octanol–water partition coefficient (Wildman–Crippen LogP) is 4.95. The monoisotopic (exact) mass is 472 g/mol. The molecule has 0 unspecified atom stereocenters. The third-order valence-corrected chi connectivity index (χ3v) is 5.58. The van der Waals surface area contributed by atoms with Crippen molar-refractivity contribution in [3.63, 3.8) is 0 Å². The number of benzene rings is 2. The average Bonchev–Trinajstić information content (AvgIpc) is 3.66. The lowest BCUT2D eigenvalue weighted by molar-refractivity contribution is 0.157. The zero-order chi connectivity index (χ0) is 26.5. The highest BCUT2D eigenvalue weighted by Gasteiger charge is 2.26. The van der Waals surface area contributed by atoms with Gasteiger partial charge < -0.3 is 4.90 Å². The minimum Gasteiger partial charge on any atom is -0.320 e. The standard InChI is InChI=1S/C24H19F4N5O/c1-32-20-4-2-3-17(26)22(20)23(31-24(32)34)33(12-21(27)28)16-8-14(7-15(25)9-16)19-11-29-18(10-30-19)13-5-6-13/h2-4,7-11,13,21H,5-6,12H2,1H3/i1D3. The molecule has 0 bridgehead atoms. The molecule has 0 radical (unpaired) electrons. The third kappa shape index (κ3) is 4.11. The van der Waals surface area contributed by atoms with E-state index in [2.05, 4.69) is 15.0 Å². The number of fused-ring (bicyclic) bond motifs is 1. The summed E-state index contributed by atoms with van der Waals surface area (Å²) in [7, 11) is 0. The van der Waals surface area contributed by atoms with Crippen molar-refractivity contribution in [3.05, 3.63) is 76.6 Å². The molecule has 1 aliphatic carbocycles. The summed E-state index contributed by atoms with van der Waals surface area (Å²) < 4.78 is 80.5. The number of hydrogen-bond acceptors (Lipinski definition) is 5. The van der Waals surface area contributed by atoms with Crippen LogP contribution in [0, 0.1) is 11.6 Å². The summed E-state index contributed by atoms with van der Waals surface area (Å²) in [6, 6.07) is 6.76. The molecule has 4 aromatic rings. The maximum Gasteiger partial charge on any atom is 0.349 e. The fourth-order valence-corrected chi connectivity index (χ4v) is 3.82. The first kappa shape index (κ1) is 18.6. The van der Waals surface area contributed by atoms with Crippen molar-refractivity contribution in [2.45, 2.75) is 25.2 Å². The Hall–Kier alpha value is -3.82. The van der Waals surface area contributed by atoms with E-state index in [-0.39, 0.29) is 22.5 Å². The van der Waals surface area contributed by atoms with E-state index < -0.39 is 48.5 Å². The van der Waals surface area contributed by atoms with Gasteiger partial charge in [0.1, 0.15) is 11.6 Å². The highest BCUT2D eigenvalue weighted by atomic mass is 19.3. The van der Waals surface area contributed by atoms with Gasteiger partial charge in [0.25, 0.3) is 6.43 Å². The highest BCUT2D eigenvalue weighted by molar-refractivity contribution is 5.92. The van der Waals surface area contributed by atoms with Crippen LogP contribution in [-0.4, -0.2) is 32.5 Å². The fourth-order valence-electron chi connectivity index (χ4n) is 3.82. The molecule has 174 valence electrons. The van der Waals surface area contributed by atoms with Crippen molar-refractivity contribution in [2.75, 3.05) is 11.4 Å². The fraction of sp³-hybridized carbons (Fsp3) is 0.250. The van der Waals surface area contributed by atoms with Crippen LogP contribution in [0.4, 0.5) is 29.1 Å². The summed E-state index contributed by atoms with van der Waals surface area (Å²) in [6.45, 7) is -4.09. The summed E-state index contributed by atoms with van der Waals surface area (Å²) in [5, 5.41) is -0.474. The van der Waals surface area contributed by atoms with E-state index in [1.807, 2.05) is 0 Å². The zero-order valence-electron chi connectivity index (χ0n) is 20.6. The van der Waals surface area contributed by atoms with Gasteiger partial charge in [-0.15, -0.1) is 0 Å². The van der Waals surface area contributed by atoms with Crippen LogP contribution < -0.4 is 10.6 Å². The SMILES string of the molecule is [2H]C([2H])([2H])n1c(=O)nc(N(CC(F)F)c2cc(F)cc(-c3cnc(C4CC4)cn3)c2)c2c(F)cccc21. The molecule has 0 spiro atoms. The Morgan fingerprint density at radius 1 is 1.18 bits per heavy atom. The van der Waals surface area contributed by atoms with Crippen LogP contribution in [0.5, 0.6) is 0 Å². The van der Waals surface area contributed by atoms with Gasteiger partial charge in [0.15, 0.2) is 5.82 Å². The lowest BCUT2D eigenvalue weighted by Crippen LogP contribution is -2.30. The summed E-state index contributed by atoms with van der Waals surface area (Å²) in [5.41, 5.74) is -0.529. The van der Waals surface area contributed by atoms with Crippen molar-refractivity contribution in [2.24, 2.45) is 6.98 Å². The molecule has 1 fully saturated rings. The zero-order valence-corrected chi connectivity index (χ0v) is 17.6. The number of anilines is 2. The molecule has 1 saturated carbocycles. The quantitative estimate of drug-likeness (QED) is 0.372. The molecule has 2 heterocycles. The van der Waals surface area contributed by atoms with Crippen LogP contribution in [0.1, 0.15) is 28.6 Å². The Bertz CT molecular complexity index is 1540. The second kappa shape index (κ2) is 8.51. The maximum absolute atomic E-state index is 15.0. The Balaban J connectivity index is 1.70. The largest absolute Gasteiger partial charge is 0.349 e. The highest BCUT2D eigenvalue weighted by Crippen LogP contribution is 2.39.